The average Bonchev–Trinajstić information content (AvgIpc) is 1.42. The molecule has 0 saturated carbocycles. The van der Waals surface area contributed by atoms with Crippen LogP contribution in [-0.2, 0) is 26.0 Å². The van der Waals surface area contributed by atoms with Crippen molar-refractivity contribution < 1.29 is 18.9 Å². The van der Waals surface area contributed by atoms with E-state index in [1.165, 1.54) is 33.3 Å². The minimum atomic E-state index is 0.320. The first kappa shape index (κ1) is 65.3. The number of rotatable bonds is 6. The maximum atomic E-state index is 6.22. The second-order valence-corrected chi connectivity index (χ2v) is 16.0. The Hall–Kier alpha value is -15.5. The van der Waals surface area contributed by atoms with E-state index in [-0.39, 0.29) is 0 Å². The highest BCUT2D eigenvalue weighted by Crippen LogP contribution is 2.44. The van der Waals surface area contributed by atoms with Crippen molar-refractivity contribution in [2.45, 2.75) is 39.0 Å². The van der Waals surface area contributed by atoms with Gasteiger partial charge in [-0.1, -0.05) is 18.1 Å². The smallest absolute Gasteiger partial charge is 0.161 e. The van der Waals surface area contributed by atoms with Crippen LogP contribution < -0.4 is 18.9 Å². The summed E-state index contributed by atoms with van der Waals surface area (Å²) in [5, 5.41) is 1.26. The van der Waals surface area contributed by atoms with Crippen molar-refractivity contribution >= 4 is 10.9 Å². The highest BCUT2D eigenvalue weighted by Gasteiger charge is 2.35. The Kier molecular flexibility index (Phi) is 30.7. The van der Waals surface area contributed by atoms with E-state index in [0.717, 1.165) is 54.5 Å². The molecule has 0 bridgehead atoms. The zero-order valence-corrected chi connectivity index (χ0v) is 48.5. The van der Waals surface area contributed by atoms with Crippen LogP contribution in [0.5, 0.6) is 23.0 Å². The van der Waals surface area contributed by atoms with Gasteiger partial charge in [0.1, 0.15) is 18.1 Å². The van der Waals surface area contributed by atoms with Gasteiger partial charge in [-0.05, 0) is 179 Å². The van der Waals surface area contributed by atoms with Crippen molar-refractivity contribution in [1.29, 1.82) is 0 Å². The number of hydrogen-bond acceptors (Lipinski definition) is 5. The molecular formula is C84H34N2O4. The summed E-state index contributed by atoms with van der Waals surface area (Å²) < 4.78 is 22.8. The molecule has 1 unspecified atom stereocenters. The quantitative estimate of drug-likeness (QED) is 0.235. The number of H-pyrrole nitrogens is 1. The third-order valence-corrected chi connectivity index (χ3v) is 10.7. The summed E-state index contributed by atoms with van der Waals surface area (Å²) in [6, 6.07) is 18.9. The van der Waals surface area contributed by atoms with Gasteiger partial charge in [0.05, 0.1) is 21.3 Å². The zero-order chi connectivity index (χ0) is 63.4. The molecule has 3 heterocycles. The first-order valence-electron chi connectivity index (χ1n) is 25.8. The summed E-state index contributed by atoms with van der Waals surface area (Å²) in [6.07, 6.45) is 6.90. The number of hydrogen-bond donors (Lipinski definition) is 1. The molecule has 0 fully saturated rings. The fourth-order valence-electron chi connectivity index (χ4n) is 7.15. The lowest BCUT2D eigenvalue weighted by atomic mass is 9.85. The third-order valence-electron chi connectivity index (χ3n) is 10.7. The van der Waals surface area contributed by atoms with Gasteiger partial charge in [0.25, 0.3) is 0 Å². The molecule has 2 aliphatic rings. The molecule has 6 heteroatoms. The summed E-state index contributed by atoms with van der Waals surface area (Å²) in [5.41, 5.74) is 7.67. The van der Waals surface area contributed by atoms with Crippen LogP contribution in [0.2, 0.25) is 0 Å². The highest BCUT2D eigenvalue weighted by atomic mass is 16.5. The second kappa shape index (κ2) is 42.3. The molecule has 3 aromatic carbocycles. The fraction of sp³-hybridized carbons (Fsp3) is 0.119. The maximum absolute atomic E-state index is 6.22. The highest BCUT2D eigenvalue weighted by molar-refractivity contribution is 5.86. The predicted octanol–water partition coefficient (Wildman–Crippen LogP) is 6.16. The maximum Gasteiger partial charge on any atom is 0.161 e. The number of nitrogens with zero attached hydrogens (tertiary/aromatic N) is 1. The van der Waals surface area contributed by atoms with E-state index in [0.29, 0.717) is 12.6 Å². The van der Waals surface area contributed by atoms with E-state index < -0.39 is 0 Å². The van der Waals surface area contributed by atoms with Crippen LogP contribution in [0.4, 0.5) is 0 Å². The summed E-state index contributed by atoms with van der Waals surface area (Å²) in [4.78, 5) is 6.22. The topological polar surface area (TPSA) is 56.0 Å². The van der Waals surface area contributed by atoms with E-state index in [1.54, 1.807) is 28.3 Å². The lowest BCUT2D eigenvalue weighted by Crippen LogP contribution is -2.39. The standard InChI is InChI=1S/C55H4.C29H30N2O4/c1-3-5-7-9-11-13-15-17-19-21-23-25-27-29-31-33-35-37-39-41-43-45-47-49-51-53-55-54-52-50-48-46-44-42-40-38-36-34-32-30-28-26-24-22-20-18-16-14-12-10-8-6-4-2;1-32-20-6-4-18(5-7-20)17-35-29-12-19-10-11-31-16-26-24(14-27(31)22(19)15-28(29)34-3)23-13-21(33-2)8-9-25(23)30-26/h1H,2H3;4-9,12-13,15,27,30H,10-11,14,16-17H2,1-3H3. The van der Waals surface area contributed by atoms with Gasteiger partial charge in [0.15, 0.2) is 11.5 Å². The van der Waals surface area contributed by atoms with Gasteiger partial charge in [-0.2, -0.15) is 0 Å². The SMILES string of the molecule is C#CC#CC#CC#CC#CC#CC#CC#CC#CC#CC#CC#CC#CC#CC#CC#CC#CC#CC#CC#CC#CC#CC#CC#CC#CC#CC#CC.COc1ccc(COc2cc3c(cc2OC)C2Cc4c([nH]c5ccc(OC)cc45)CN2CC3)cc1. The molecule has 6 nitrogen and oxygen atoms in total. The molecule has 404 valence electrons. The number of methoxy groups -OCH3 is 3. The third kappa shape index (κ3) is 25.9. The molecule has 0 spiro atoms. The van der Waals surface area contributed by atoms with Crippen LogP contribution in [0.25, 0.3) is 10.9 Å². The molecule has 0 aliphatic carbocycles. The van der Waals surface area contributed by atoms with E-state index in [9.17, 15) is 0 Å². The Morgan fingerprint density at radius 3 is 1.14 bits per heavy atom. The Morgan fingerprint density at radius 1 is 0.422 bits per heavy atom. The van der Waals surface area contributed by atoms with Crippen molar-refractivity contribution in [2.75, 3.05) is 27.9 Å². The molecule has 4 aromatic rings. The predicted molar refractivity (Wildman–Crippen MR) is 352 cm³/mol. The minimum absolute atomic E-state index is 0.320. The number of aromatic nitrogens is 1. The molecule has 6 rings (SSSR count). The van der Waals surface area contributed by atoms with Gasteiger partial charge in [0.2, 0.25) is 0 Å². The van der Waals surface area contributed by atoms with E-state index >= 15 is 0 Å². The molecule has 0 radical (unpaired) electrons. The Labute approximate surface area is 529 Å². The minimum Gasteiger partial charge on any atom is -0.497 e. The Balaban J connectivity index is 0.000000356. The fourth-order valence-corrected chi connectivity index (χ4v) is 7.15. The number of nitrogens with one attached hydrogen (secondary N) is 1. The van der Waals surface area contributed by atoms with E-state index in [2.05, 4.69) is 348 Å². The molecule has 2 aliphatic heterocycles. The van der Waals surface area contributed by atoms with Gasteiger partial charge < -0.3 is 23.9 Å². The lowest BCUT2D eigenvalue weighted by Gasteiger charge is -2.40. The summed E-state index contributed by atoms with van der Waals surface area (Å²) >= 11 is 0. The molecule has 1 atom stereocenters. The van der Waals surface area contributed by atoms with E-state index in [1.807, 2.05) is 30.3 Å². The number of ether oxygens (including phenoxy) is 4. The van der Waals surface area contributed by atoms with Crippen LogP contribution in [0, 0.1) is 320 Å². The van der Waals surface area contributed by atoms with Crippen molar-refractivity contribution in [1.82, 2.24) is 9.88 Å². The lowest BCUT2D eigenvalue weighted by molar-refractivity contribution is 0.158. The van der Waals surface area contributed by atoms with Crippen molar-refractivity contribution in [3.63, 3.8) is 0 Å². The number of aromatic amines is 1. The first-order valence-corrected chi connectivity index (χ1v) is 25.8. The van der Waals surface area contributed by atoms with Crippen LogP contribution in [0.1, 0.15) is 40.9 Å². The van der Waals surface area contributed by atoms with Gasteiger partial charge in [-0.25, -0.2) is 0 Å². The Bertz CT molecular complexity index is 5420. The van der Waals surface area contributed by atoms with Crippen LogP contribution in [0.3, 0.4) is 0 Å². The van der Waals surface area contributed by atoms with Crippen molar-refractivity contribution in [2.24, 2.45) is 0 Å². The molecule has 1 N–H and O–H groups in total. The van der Waals surface area contributed by atoms with Crippen LogP contribution in [0.15, 0.2) is 54.6 Å². The van der Waals surface area contributed by atoms with Gasteiger partial charge in [-0.15, -0.1) is 6.42 Å². The van der Waals surface area contributed by atoms with Gasteiger partial charge in [-0.3, -0.25) is 4.90 Å². The van der Waals surface area contributed by atoms with Gasteiger partial charge in [0, 0.05) is 249 Å². The summed E-state index contributed by atoms with van der Waals surface area (Å²) in [7, 11) is 5.11. The second-order valence-electron chi connectivity index (χ2n) is 16.0. The van der Waals surface area contributed by atoms with E-state index in [4.69, 9.17) is 25.4 Å². The normalized spacial score (nSPS) is 8.94. The van der Waals surface area contributed by atoms with Crippen LogP contribution in [-0.4, -0.2) is 37.8 Å². The van der Waals surface area contributed by atoms with Gasteiger partial charge >= 0.3 is 0 Å². The first-order chi connectivity index (χ1) is 44.6. The Morgan fingerprint density at radius 2 is 0.789 bits per heavy atom. The average molecular weight is 1140 g/mol. The van der Waals surface area contributed by atoms with Crippen molar-refractivity contribution in [3.8, 4) is 343 Å². The van der Waals surface area contributed by atoms with Crippen LogP contribution >= 0.6 is 0 Å². The molecule has 1 aromatic heterocycles. The zero-order valence-electron chi connectivity index (χ0n) is 48.5. The number of terminal acetylenes is 1. The monoisotopic (exact) mass is 1130 g/mol. The molecule has 0 saturated heterocycles. The number of benzene rings is 3. The number of fused-ring (bicyclic) bond motifs is 6. The molecule has 0 amide bonds. The largest absolute Gasteiger partial charge is 0.497 e. The molecule has 90 heavy (non-hydrogen) atoms. The summed E-state index contributed by atoms with van der Waals surface area (Å²) in [6.45, 7) is 4.12. The molecular weight excluding hydrogens is 1100 g/mol. The van der Waals surface area contributed by atoms with Crippen molar-refractivity contribution in [3.05, 3.63) is 82.5 Å². The summed E-state index contributed by atoms with van der Waals surface area (Å²) in [5.74, 6) is 135.